The molecule has 0 radical (unpaired) electrons. The lowest BCUT2D eigenvalue weighted by Gasteiger charge is -2.50. The summed E-state index contributed by atoms with van der Waals surface area (Å²) in [4.78, 5) is 49.4. The van der Waals surface area contributed by atoms with Gasteiger partial charge < -0.3 is 44.0 Å². The van der Waals surface area contributed by atoms with Gasteiger partial charge in [-0.15, -0.1) is 0 Å². The predicted octanol–water partition coefficient (Wildman–Crippen LogP) is 5.75. The Balaban J connectivity index is 0.00000220. The Kier molecular flexibility index (Phi) is 15.8. The van der Waals surface area contributed by atoms with Crippen molar-refractivity contribution in [3.63, 3.8) is 0 Å². The summed E-state index contributed by atoms with van der Waals surface area (Å²) < 4.78 is 31.2. The molecule has 17 heteroatoms. The smallest absolute Gasteiger partial charge is 0.411 e. The molecule has 4 aliphatic rings. The average molecular weight is 932 g/mol. The van der Waals surface area contributed by atoms with Crippen LogP contribution in [0.2, 0.25) is 0 Å². The van der Waals surface area contributed by atoms with Gasteiger partial charge in [0, 0.05) is 71.3 Å². The maximum atomic E-state index is 15.0. The van der Waals surface area contributed by atoms with E-state index in [1.54, 1.807) is 44.2 Å². The Labute approximate surface area is 385 Å². The highest BCUT2D eigenvalue weighted by molar-refractivity contribution is 8.37. The van der Waals surface area contributed by atoms with Crippen molar-refractivity contribution in [3.8, 4) is 29.4 Å². The summed E-state index contributed by atoms with van der Waals surface area (Å²) in [6, 6.07) is 6.59. The molecule has 2 bridgehead atoms. The zero-order chi connectivity index (χ0) is 46.5. The summed E-state index contributed by atoms with van der Waals surface area (Å²) in [5, 5.41) is 38.8. The molecule has 1 amide bonds. The van der Waals surface area contributed by atoms with Crippen LogP contribution in [-0.4, -0.2) is 99.3 Å². The second-order valence-corrected chi connectivity index (χ2v) is 18.7. The Morgan fingerprint density at radius 2 is 1.89 bits per heavy atom. The van der Waals surface area contributed by atoms with Crippen molar-refractivity contribution in [1.82, 2.24) is 15.3 Å². The Morgan fingerprint density at radius 1 is 1.16 bits per heavy atom. The number of methoxy groups -OCH3 is 1. The number of carbonyl (C=O) groups is 3. The minimum Gasteiger partial charge on any atom is -0.508 e. The fourth-order valence-electron chi connectivity index (χ4n) is 8.85. The van der Waals surface area contributed by atoms with E-state index in [0.29, 0.717) is 47.2 Å². The van der Waals surface area contributed by atoms with E-state index >= 15 is 4.79 Å². The average Bonchev–Trinajstić information content (AvgIpc) is 3.62. The monoisotopic (exact) mass is 931 g/mol. The second kappa shape index (κ2) is 20.7. The number of aromatic nitrogens is 2. The van der Waals surface area contributed by atoms with Gasteiger partial charge >= 0.3 is 6.09 Å². The highest BCUT2D eigenvalue weighted by atomic mass is 33.1. The zero-order valence-electron chi connectivity index (χ0n) is 36.6. The second-order valence-electron chi connectivity index (χ2n) is 17.0. The number of phenols is 1. The molecule has 4 heterocycles. The van der Waals surface area contributed by atoms with E-state index in [4.69, 9.17) is 23.7 Å². The third-order valence-corrected chi connectivity index (χ3v) is 12.3. The lowest BCUT2D eigenvalue weighted by Crippen LogP contribution is -2.65. The normalized spacial score (nSPS) is 31.2. The first-order valence-corrected chi connectivity index (χ1v) is 23.7. The largest absolute Gasteiger partial charge is 0.508 e. The molecule has 5 N–H and O–H groups in total. The summed E-state index contributed by atoms with van der Waals surface area (Å²) in [7, 11) is 2.07. The van der Waals surface area contributed by atoms with E-state index in [1.807, 2.05) is 6.92 Å². The first-order valence-electron chi connectivity index (χ1n) is 21.1. The van der Waals surface area contributed by atoms with Gasteiger partial charge in [-0.05, 0) is 80.9 Å². The molecular weight excluding hydrogens is 879 g/mol. The highest BCUT2D eigenvalue weighted by Crippen LogP contribution is 2.45. The molecule has 2 aliphatic carbocycles. The van der Waals surface area contributed by atoms with Gasteiger partial charge in [0.25, 0.3) is 0 Å². The molecule has 14 nitrogen and oxygen atoms in total. The summed E-state index contributed by atoms with van der Waals surface area (Å²) in [5.41, 5.74) is -2.54. The number of pyridine rings is 1. The van der Waals surface area contributed by atoms with Crippen molar-refractivity contribution in [2.45, 2.75) is 110 Å². The number of aromatic amines is 1. The van der Waals surface area contributed by atoms with Crippen molar-refractivity contribution < 1.29 is 53.4 Å². The van der Waals surface area contributed by atoms with Gasteiger partial charge in [0.15, 0.2) is 29.7 Å². The number of H-pyrrole nitrogens is 1. The number of carbonyl (C=O) groups excluding carboxylic acids is 3. The van der Waals surface area contributed by atoms with Crippen LogP contribution < -0.4 is 5.32 Å². The molecule has 64 heavy (non-hydrogen) atoms. The van der Waals surface area contributed by atoms with Gasteiger partial charge in [-0.1, -0.05) is 57.5 Å². The van der Waals surface area contributed by atoms with Gasteiger partial charge in [0.1, 0.15) is 29.8 Å². The molecular formula is C47H53N3O11S3. The molecule has 2 saturated heterocycles. The number of fused-ring (bicyclic) bond motifs is 5. The SMILES string of the molecule is CC/C=C1\C2=C(NC(=O)OC)C(=O)C[C@@]1(O)C#C/C=C\C#C[C@@H]2OC1OC(C)C(C)(C(=O)c2nccc3c2[nH]c2ccc(O)cc23)C(O)C1OC1CC(C)C(CC(C)C)CO1.S=S=S. The molecule has 2 aromatic heterocycles. The first-order chi connectivity index (χ1) is 30.5. The Hall–Kier alpha value is -4.66. The fourth-order valence-corrected chi connectivity index (χ4v) is 8.85. The minimum absolute atomic E-state index is 0.0248. The molecule has 8 unspecified atom stereocenters. The number of nitrogens with zero attached hydrogens (tertiary/aromatic N) is 1. The van der Waals surface area contributed by atoms with E-state index < -0.39 is 72.1 Å². The van der Waals surface area contributed by atoms with Gasteiger partial charge in [-0.25, -0.2) is 4.79 Å². The lowest BCUT2D eigenvalue weighted by atomic mass is 9.70. The number of nitrogens with one attached hydrogen (secondary N) is 2. The van der Waals surface area contributed by atoms with Crippen LogP contribution in [0.25, 0.3) is 21.8 Å². The van der Waals surface area contributed by atoms with Crippen molar-refractivity contribution >= 4 is 70.7 Å². The van der Waals surface area contributed by atoms with Crippen molar-refractivity contribution in [3.05, 3.63) is 71.2 Å². The Bertz CT molecular complexity index is 2560. The van der Waals surface area contributed by atoms with Crippen molar-refractivity contribution in [1.29, 1.82) is 0 Å². The van der Waals surface area contributed by atoms with Crippen LogP contribution in [-0.2, 0) is 59.7 Å². The molecule has 2 fully saturated rings. The van der Waals surface area contributed by atoms with Crippen molar-refractivity contribution in [2.24, 2.45) is 23.2 Å². The topological polar surface area (TPSA) is 199 Å². The third kappa shape index (κ3) is 9.94. The predicted molar refractivity (Wildman–Crippen MR) is 247 cm³/mol. The number of ketones is 2. The number of ether oxygens (including phenoxy) is 5. The quantitative estimate of drug-likeness (QED) is 0.122. The van der Waals surface area contributed by atoms with E-state index in [9.17, 15) is 24.9 Å². The number of aromatic hydroxyl groups is 1. The molecule has 10 atom stereocenters. The number of phenolic OH excluding ortho intramolecular Hbond substituents is 1. The van der Waals surface area contributed by atoms with Crippen LogP contribution in [0.3, 0.4) is 0 Å². The minimum atomic E-state index is -1.98. The van der Waals surface area contributed by atoms with Crippen LogP contribution in [0.4, 0.5) is 4.79 Å². The third-order valence-electron chi connectivity index (χ3n) is 12.3. The van der Waals surface area contributed by atoms with E-state index in [1.165, 1.54) is 18.3 Å². The van der Waals surface area contributed by atoms with Crippen LogP contribution in [0.5, 0.6) is 5.75 Å². The number of aliphatic hydroxyl groups is 2. The summed E-state index contributed by atoms with van der Waals surface area (Å²) in [6.45, 7) is 11.9. The number of benzene rings is 1. The Morgan fingerprint density at radius 3 is 2.58 bits per heavy atom. The van der Waals surface area contributed by atoms with Crippen LogP contribution in [0, 0.1) is 46.9 Å². The van der Waals surface area contributed by atoms with Gasteiger partial charge in [0.05, 0.1) is 42.9 Å². The molecule has 340 valence electrons. The molecule has 1 aromatic carbocycles. The zero-order valence-corrected chi connectivity index (χ0v) is 39.1. The van der Waals surface area contributed by atoms with Crippen LogP contribution in [0.15, 0.2) is 65.5 Å². The van der Waals surface area contributed by atoms with Crippen LogP contribution >= 0.6 is 0 Å². The number of hydrogen-bond donors (Lipinski definition) is 5. The van der Waals surface area contributed by atoms with E-state index in [0.717, 1.165) is 22.4 Å². The first kappa shape index (κ1) is 48.8. The highest BCUT2D eigenvalue weighted by Gasteiger charge is 2.59. The number of amides is 1. The van der Waals surface area contributed by atoms with Gasteiger partial charge in [0.2, 0.25) is 0 Å². The van der Waals surface area contributed by atoms with Crippen molar-refractivity contribution in [2.75, 3.05) is 13.7 Å². The number of alkyl carbamates (subject to hydrolysis) is 1. The van der Waals surface area contributed by atoms with Gasteiger partial charge in [-0.3, -0.25) is 19.9 Å². The number of aliphatic hydroxyl groups excluding tert-OH is 1. The number of rotatable bonds is 10. The summed E-state index contributed by atoms with van der Waals surface area (Å²) in [5.74, 6) is 11.2. The fraction of sp³-hybridized carbons (Fsp3) is 0.489. The van der Waals surface area contributed by atoms with Crippen LogP contribution in [0.1, 0.15) is 77.7 Å². The maximum absolute atomic E-state index is 15.0. The number of Topliss-reactive ketones (excluding diaryl/α,β-unsaturated/α-hetero) is 2. The molecule has 7 rings (SSSR count). The summed E-state index contributed by atoms with van der Waals surface area (Å²) in [6.07, 6.45) is -1.25. The number of allylic oxidation sites excluding steroid dienone is 4. The van der Waals surface area contributed by atoms with E-state index in [2.05, 4.69) is 82.1 Å². The standard InChI is InChI=1S/C47H53N3O11.S3/c1-8-13-32-37-35(14-11-9-10-12-18-47(32,56)23-34(52)39(37)50-45(55)57-7)60-44-41(61-36-21-26(4)28(24-58-36)20-25(2)3)43(54)46(6,27(5)59-44)42(53)40-38-30(17-19-48-40)31-22-29(51)15-16-33(31)49-38;1-3-2/h9-10,13,15-17,19,22,25-28,35-36,41,43-44,49,51,54,56H,8,20-21,23-24H2,1-7H3,(H,50,55);/b10-9-,32-13+;/t26?,27?,28?,35-,36?,41?,43?,44?,46?,47-;/m0./s1. The maximum Gasteiger partial charge on any atom is 0.411 e. The molecule has 0 saturated carbocycles. The summed E-state index contributed by atoms with van der Waals surface area (Å²) >= 11 is 8.25. The molecule has 2 aliphatic heterocycles. The molecule has 0 spiro atoms. The molecule has 3 aromatic rings. The van der Waals surface area contributed by atoms with Gasteiger partial charge in [-0.2, -0.15) is 0 Å². The lowest BCUT2D eigenvalue weighted by molar-refractivity contribution is -0.339. The van der Waals surface area contributed by atoms with E-state index in [-0.39, 0.29) is 40.1 Å². The number of hydrogen-bond acceptors (Lipinski definition) is 14.